The molecule has 28 heavy (non-hydrogen) atoms. The lowest BCUT2D eigenvalue weighted by Gasteiger charge is -2.15. The van der Waals surface area contributed by atoms with Gasteiger partial charge >= 0.3 is 6.36 Å². The molecule has 0 saturated heterocycles. The maximum absolute atomic E-state index is 12.2. The summed E-state index contributed by atoms with van der Waals surface area (Å²) in [6.07, 6.45) is -4.67. The fourth-order valence-electron chi connectivity index (χ4n) is 2.57. The lowest BCUT2D eigenvalue weighted by Crippen LogP contribution is -2.32. The molecule has 2 rings (SSSR count). The van der Waals surface area contributed by atoms with Crippen molar-refractivity contribution in [2.24, 2.45) is 0 Å². The second-order valence-electron chi connectivity index (χ2n) is 6.23. The summed E-state index contributed by atoms with van der Waals surface area (Å²) in [6.45, 7) is 3.71. The molecule has 0 radical (unpaired) electrons. The predicted molar refractivity (Wildman–Crippen MR) is 97.8 cm³/mol. The van der Waals surface area contributed by atoms with Gasteiger partial charge in [-0.1, -0.05) is 30.3 Å². The Balaban J connectivity index is 1.79. The minimum Gasteiger partial charge on any atom is -0.406 e. The number of halogens is 3. The van der Waals surface area contributed by atoms with Crippen LogP contribution < -0.4 is 15.4 Å². The molecule has 0 aliphatic rings. The Labute approximate surface area is 160 Å². The van der Waals surface area contributed by atoms with Crippen LogP contribution >= 0.6 is 0 Å². The Morgan fingerprint density at radius 1 is 1.07 bits per heavy atom. The fourth-order valence-corrected chi connectivity index (χ4v) is 2.57. The van der Waals surface area contributed by atoms with Crippen LogP contribution in [0.1, 0.15) is 40.9 Å². The number of hydrogen-bond donors (Lipinski definition) is 2. The van der Waals surface area contributed by atoms with Gasteiger partial charge in [0.25, 0.3) is 5.91 Å². The van der Waals surface area contributed by atoms with Crippen LogP contribution in [0.5, 0.6) is 5.75 Å². The summed E-state index contributed by atoms with van der Waals surface area (Å²) in [6, 6.07) is 12.0. The molecule has 0 aromatic heterocycles. The molecule has 0 fully saturated rings. The highest BCUT2D eigenvalue weighted by Gasteiger charge is 2.31. The Bertz CT molecular complexity index is 820. The van der Waals surface area contributed by atoms with Crippen LogP contribution in [0.15, 0.2) is 48.5 Å². The summed E-state index contributed by atoms with van der Waals surface area (Å²) in [5, 5.41) is 5.43. The number of carbonyl (C=O) groups is 2. The molecule has 0 aliphatic carbocycles. The summed E-state index contributed by atoms with van der Waals surface area (Å²) >= 11 is 0. The maximum Gasteiger partial charge on any atom is 0.573 e. The topological polar surface area (TPSA) is 67.4 Å². The first kappa shape index (κ1) is 21.3. The molecule has 0 heterocycles. The van der Waals surface area contributed by atoms with Crippen molar-refractivity contribution in [2.75, 3.05) is 6.54 Å². The van der Waals surface area contributed by atoms with E-state index in [9.17, 15) is 22.8 Å². The second kappa shape index (κ2) is 9.25. The van der Waals surface area contributed by atoms with Crippen molar-refractivity contribution in [2.45, 2.75) is 32.7 Å². The Hall–Kier alpha value is -3.03. The van der Waals surface area contributed by atoms with Crippen molar-refractivity contribution in [3.8, 4) is 5.75 Å². The van der Waals surface area contributed by atoms with Crippen LogP contribution in [-0.2, 0) is 4.79 Å². The fraction of sp³-hybridized carbons (Fsp3) is 0.300. The third-order valence-electron chi connectivity index (χ3n) is 4.02. The average Bonchev–Trinajstić information content (AvgIpc) is 2.61. The molecule has 150 valence electrons. The van der Waals surface area contributed by atoms with E-state index in [4.69, 9.17) is 0 Å². The number of nitrogens with one attached hydrogen (secondary N) is 2. The van der Waals surface area contributed by atoms with Gasteiger partial charge in [0.1, 0.15) is 5.75 Å². The van der Waals surface area contributed by atoms with Crippen molar-refractivity contribution < 1.29 is 27.5 Å². The van der Waals surface area contributed by atoms with Crippen LogP contribution in [-0.4, -0.2) is 24.7 Å². The third kappa shape index (κ3) is 6.61. The molecule has 2 aromatic rings. The van der Waals surface area contributed by atoms with Gasteiger partial charge in [-0.15, -0.1) is 13.2 Å². The number of amides is 2. The van der Waals surface area contributed by atoms with Gasteiger partial charge in [0.05, 0.1) is 6.04 Å². The van der Waals surface area contributed by atoms with Gasteiger partial charge in [0.2, 0.25) is 5.91 Å². The van der Waals surface area contributed by atoms with Crippen molar-refractivity contribution >= 4 is 11.8 Å². The molecule has 8 heteroatoms. The summed E-state index contributed by atoms with van der Waals surface area (Å²) in [4.78, 5) is 24.1. The summed E-state index contributed by atoms with van der Waals surface area (Å²) in [5.41, 5.74) is 2.03. The molecule has 0 bridgehead atoms. The summed E-state index contributed by atoms with van der Waals surface area (Å²) in [5.74, 6) is -0.860. The number of alkyl halides is 3. The molecule has 2 N–H and O–H groups in total. The second-order valence-corrected chi connectivity index (χ2v) is 6.23. The van der Waals surface area contributed by atoms with Gasteiger partial charge in [-0.3, -0.25) is 9.59 Å². The highest BCUT2D eigenvalue weighted by atomic mass is 19.4. The molecule has 0 spiro atoms. The molecule has 0 saturated carbocycles. The third-order valence-corrected chi connectivity index (χ3v) is 4.02. The molecule has 0 aliphatic heterocycles. The zero-order valence-electron chi connectivity index (χ0n) is 15.5. The van der Waals surface area contributed by atoms with Gasteiger partial charge in [-0.05, 0) is 43.2 Å². The van der Waals surface area contributed by atoms with E-state index in [1.807, 2.05) is 19.1 Å². The first-order valence-corrected chi connectivity index (χ1v) is 8.64. The Kier molecular flexibility index (Phi) is 7.03. The van der Waals surface area contributed by atoms with Crippen LogP contribution in [0, 0.1) is 6.92 Å². The lowest BCUT2D eigenvalue weighted by molar-refractivity contribution is -0.274. The first-order chi connectivity index (χ1) is 13.2. The van der Waals surface area contributed by atoms with E-state index in [1.165, 1.54) is 24.3 Å². The van der Waals surface area contributed by atoms with E-state index in [1.54, 1.807) is 19.1 Å². The monoisotopic (exact) mass is 394 g/mol. The van der Waals surface area contributed by atoms with Crippen molar-refractivity contribution in [3.05, 3.63) is 65.2 Å². The van der Waals surface area contributed by atoms with E-state index in [0.29, 0.717) is 11.1 Å². The highest BCUT2D eigenvalue weighted by molar-refractivity contribution is 5.95. The molecular weight excluding hydrogens is 373 g/mol. The van der Waals surface area contributed by atoms with Gasteiger partial charge in [-0.2, -0.15) is 0 Å². The van der Waals surface area contributed by atoms with E-state index in [-0.39, 0.29) is 30.5 Å². The number of carbonyl (C=O) groups excluding carboxylic acids is 2. The highest BCUT2D eigenvalue weighted by Crippen LogP contribution is 2.24. The number of rotatable bonds is 7. The van der Waals surface area contributed by atoms with E-state index < -0.39 is 12.4 Å². The minimum absolute atomic E-state index is 0.0806. The van der Waals surface area contributed by atoms with Gasteiger partial charge < -0.3 is 15.4 Å². The van der Waals surface area contributed by atoms with Crippen molar-refractivity contribution in [1.29, 1.82) is 0 Å². The SMILES string of the molecule is Cc1ccccc1C(=O)NCCC(=O)NC(C)c1ccc(OC(F)(F)F)cc1. The molecule has 1 atom stereocenters. The molecule has 5 nitrogen and oxygen atoms in total. The molecular formula is C20H21F3N2O3. The maximum atomic E-state index is 12.2. The predicted octanol–water partition coefficient (Wildman–Crippen LogP) is 3.89. The largest absolute Gasteiger partial charge is 0.573 e. The number of hydrogen-bond acceptors (Lipinski definition) is 3. The summed E-state index contributed by atoms with van der Waals surface area (Å²) in [7, 11) is 0. The first-order valence-electron chi connectivity index (χ1n) is 8.64. The van der Waals surface area contributed by atoms with Gasteiger partial charge in [0, 0.05) is 18.5 Å². The number of ether oxygens (including phenoxy) is 1. The standard InChI is InChI=1S/C20H21F3N2O3/c1-13-5-3-4-6-17(13)19(27)24-12-11-18(26)25-14(2)15-7-9-16(10-8-15)28-20(21,22)23/h3-10,14H,11-12H2,1-2H3,(H,24,27)(H,25,26). The molecule has 1 unspecified atom stereocenters. The van der Waals surface area contributed by atoms with Crippen molar-refractivity contribution in [3.63, 3.8) is 0 Å². The Morgan fingerprint density at radius 2 is 1.71 bits per heavy atom. The Morgan fingerprint density at radius 3 is 2.32 bits per heavy atom. The normalized spacial score (nSPS) is 12.2. The minimum atomic E-state index is -4.75. The quantitative estimate of drug-likeness (QED) is 0.749. The zero-order valence-corrected chi connectivity index (χ0v) is 15.5. The number of benzene rings is 2. The smallest absolute Gasteiger partial charge is 0.406 e. The summed E-state index contributed by atoms with van der Waals surface area (Å²) < 4.78 is 40.3. The lowest BCUT2D eigenvalue weighted by atomic mass is 10.1. The van der Waals surface area contributed by atoms with Crippen LogP contribution in [0.2, 0.25) is 0 Å². The van der Waals surface area contributed by atoms with E-state index in [0.717, 1.165) is 5.56 Å². The van der Waals surface area contributed by atoms with Crippen LogP contribution in [0.4, 0.5) is 13.2 Å². The van der Waals surface area contributed by atoms with Crippen LogP contribution in [0.25, 0.3) is 0 Å². The van der Waals surface area contributed by atoms with E-state index in [2.05, 4.69) is 15.4 Å². The van der Waals surface area contributed by atoms with Gasteiger partial charge in [0.15, 0.2) is 0 Å². The molecule has 2 amide bonds. The van der Waals surface area contributed by atoms with Crippen molar-refractivity contribution in [1.82, 2.24) is 10.6 Å². The van der Waals surface area contributed by atoms with E-state index >= 15 is 0 Å². The van der Waals surface area contributed by atoms with Crippen LogP contribution in [0.3, 0.4) is 0 Å². The number of aryl methyl sites for hydroxylation is 1. The van der Waals surface area contributed by atoms with Gasteiger partial charge in [-0.25, -0.2) is 0 Å². The average molecular weight is 394 g/mol. The zero-order chi connectivity index (χ0) is 20.7. The molecule has 2 aromatic carbocycles.